The molecule has 0 unspecified atom stereocenters. The predicted molar refractivity (Wildman–Crippen MR) is 85.8 cm³/mol. The Morgan fingerprint density at radius 3 is 2.09 bits per heavy atom. The van der Waals surface area contributed by atoms with Crippen LogP contribution >= 0.6 is 0 Å². The molecule has 1 aliphatic heterocycles. The maximum atomic E-state index is 12.7. The Hall–Kier alpha value is -1.82. The zero-order valence-corrected chi connectivity index (χ0v) is 14.7. The van der Waals surface area contributed by atoms with E-state index < -0.39 is 28.0 Å². The Balaban J connectivity index is 2.60. The minimum atomic E-state index is -0.947. The van der Waals surface area contributed by atoms with Crippen LogP contribution in [0.5, 0.6) is 0 Å². The second-order valence-electron chi connectivity index (χ2n) is 8.15. The highest BCUT2D eigenvalue weighted by Gasteiger charge is 2.61. The quantitative estimate of drug-likeness (QED) is 0.594. The van der Waals surface area contributed by atoms with Crippen molar-refractivity contribution >= 4 is 11.6 Å². The van der Waals surface area contributed by atoms with Crippen LogP contribution in [0.2, 0.25) is 0 Å². The monoisotopic (exact) mass is 320 g/mol. The zero-order valence-electron chi connectivity index (χ0n) is 14.7. The number of rotatable bonds is 1. The Kier molecular flexibility index (Phi) is 3.69. The topological polar surface area (TPSA) is 86.5 Å². The largest absolute Gasteiger partial charge is 0.715 e. The molecule has 126 valence electrons. The lowest BCUT2D eigenvalue weighted by Crippen LogP contribution is -2.53. The normalized spacial score (nSPS) is 24.9. The van der Waals surface area contributed by atoms with E-state index >= 15 is 0 Å². The van der Waals surface area contributed by atoms with Crippen LogP contribution in [0.4, 0.5) is 0 Å². The standard InChI is InChI=1S/C17H24N2O4/c1-15(2,3)11-8-10(9-12(20)13(11)21)14-18(22)16(4,5)17(6,7)19(14)23/h8-9,20H,1-7H3. The molecule has 0 saturated carbocycles. The number of hydroxylamine groups is 3. The third-order valence-electron chi connectivity index (χ3n) is 5.03. The van der Waals surface area contributed by atoms with Gasteiger partial charge in [0, 0.05) is 10.8 Å². The molecule has 23 heavy (non-hydrogen) atoms. The van der Waals surface area contributed by atoms with Crippen LogP contribution in [0.15, 0.2) is 23.5 Å². The molecule has 0 aromatic carbocycles. The van der Waals surface area contributed by atoms with Gasteiger partial charge in [-0.2, -0.15) is 0 Å². The van der Waals surface area contributed by atoms with Gasteiger partial charge in [0.2, 0.25) is 5.78 Å². The summed E-state index contributed by atoms with van der Waals surface area (Å²) in [6.07, 6.45) is 2.73. The number of aliphatic hydroxyl groups excluding tert-OH is 1. The number of carbonyl (C=O) groups is 1. The van der Waals surface area contributed by atoms with Crippen LogP contribution in [0.3, 0.4) is 0 Å². The Morgan fingerprint density at radius 2 is 1.70 bits per heavy atom. The first kappa shape index (κ1) is 17.5. The van der Waals surface area contributed by atoms with Crippen molar-refractivity contribution in [2.75, 3.05) is 0 Å². The summed E-state index contributed by atoms with van der Waals surface area (Å²) < 4.78 is 0.672. The van der Waals surface area contributed by atoms with Crippen LogP contribution < -0.4 is 0 Å². The molecule has 0 atom stereocenters. The smallest absolute Gasteiger partial charge is 0.300 e. The summed E-state index contributed by atoms with van der Waals surface area (Å²) in [6.45, 7) is 12.3. The minimum Gasteiger partial charge on any atom is -0.715 e. The molecule has 0 spiro atoms. The fourth-order valence-electron chi connectivity index (χ4n) is 2.64. The van der Waals surface area contributed by atoms with Crippen molar-refractivity contribution in [2.45, 2.75) is 59.5 Å². The molecule has 0 aromatic heterocycles. The first-order chi connectivity index (χ1) is 10.2. The number of allylic oxidation sites excluding steroid dienone is 1. The number of carbonyl (C=O) groups excluding carboxylic acids is 1. The summed E-state index contributed by atoms with van der Waals surface area (Å²) in [5.41, 5.74) is -2.05. The van der Waals surface area contributed by atoms with Crippen LogP contribution in [0.1, 0.15) is 48.5 Å². The number of amidine groups is 1. The number of nitrogens with zero attached hydrogens (tertiary/aromatic N) is 2. The van der Waals surface area contributed by atoms with E-state index in [0.29, 0.717) is 15.4 Å². The number of ketones is 1. The highest BCUT2D eigenvalue weighted by atomic mass is 16.5. The third kappa shape index (κ3) is 2.36. The molecular weight excluding hydrogens is 296 g/mol. The van der Waals surface area contributed by atoms with Gasteiger partial charge in [0.15, 0.2) is 11.3 Å². The van der Waals surface area contributed by atoms with Crippen molar-refractivity contribution in [1.29, 1.82) is 0 Å². The van der Waals surface area contributed by atoms with E-state index in [-0.39, 0.29) is 11.8 Å². The van der Waals surface area contributed by atoms with Crippen LogP contribution in [0, 0.1) is 16.5 Å². The van der Waals surface area contributed by atoms with Gasteiger partial charge in [-0.25, -0.2) is 0 Å². The molecule has 2 aliphatic rings. The second-order valence-corrected chi connectivity index (χ2v) is 8.15. The highest BCUT2D eigenvalue weighted by molar-refractivity contribution is 6.12. The minimum absolute atomic E-state index is 0.0826. The van der Waals surface area contributed by atoms with Crippen molar-refractivity contribution in [3.63, 3.8) is 0 Å². The van der Waals surface area contributed by atoms with Gasteiger partial charge in [0.25, 0.3) is 0 Å². The van der Waals surface area contributed by atoms with Crippen molar-refractivity contribution in [3.8, 4) is 0 Å². The van der Waals surface area contributed by atoms with Crippen molar-refractivity contribution in [1.82, 2.24) is 5.06 Å². The van der Waals surface area contributed by atoms with E-state index in [2.05, 4.69) is 0 Å². The fraction of sp³-hybridized carbons (Fsp3) is 0.588. The number of Topliss-reactive ketones (excluding diaryl/α,β-unsaturated/α-hetero) is 1. The van der Waals surface area contributed by atoms with Crippen LogP contribution in [0.25, 0.3) is 0 Å². The number of aliphatic hydroxyl groups is 1. The van der Waals surface area contributed by atoms with Gasteiger partial charge in [0.1, 0.15) is 11.5 Å². The lowest BCUT2D eigenvalue weighted by molar-refractivity contribution is -0.540. The maximum Gasteiger partial charge on any atom is 0.300 e. The Labute approximate surface area is 137 Å². The molecule has 1 N–H and O–H groups in total. The summed E-state index contributed by atoms with van der Waals surface area (Å²) >= 11 is 0. The molecule has 0 amide bonds. The Morgan fingerprint density at radius 1 is 1.17 bits per heavy atom. The van der Waals surface area contributed by atoms with Crippen LogP contribution in [-0.2, 0) is 10.0 Å². The summed E-state index contributed by atoms with van der Waals surface area (Å²) in [4.78, 5) is 12.2. The molecule has 6 heteroatoms. The van der Waals surface area contributed by atoms with E-state index in [9.17, 15) is 20.3 Å². The van der Waals surface area contributed by atoms with E-state index in [4.69, 9.17) is 0 Å². The molecule has 0 aromatic rings. The Bertz CT molecular complexity index is 648. The van der Waals surface area contributed by atoms with E-state index in [1.54, 1.807) is 27.7 Å². The van der Waals surface area contributed by atoms with Gasteiger partial charge in [-0.1, -0.05) is 31.9 Å². The molecule has 0 bridgehead atoms. The molecule has 1 heterocycles. The first-order valence-electron chi connectivity index (χ1n) is 7.59. The lowest BCUT2D eigenvalue weighted by Gasteiger charge is -2.32. The van der Waals surface area contributed by atoms with Crippen molar-refractivity contribution in [2.24, 2.45) is 5.41 Å². The summed E-state index contributed by atoms with van der Waals surface area (Å²) in [7, 11) is 0. The lowest BCUT2D eigenvalue weighted by atomic mass is 9.78. The van der Waals surface area contributed by atoms with Gasteiger partial charge in [-0.05, 0) is 39.2 Å². The van der Waals surface area contributed by atoms with Gasteiger partial charge >= 0.3 is 5.84 Å². The number of hydrogen-bond donors (Lipinski definition) is 1. The predicted octanol–water partition coefficient (Wildman–Crippen LogP) is 2.69. The first-order valence-corrected chi connectivity index (χ1v) is 7.59. The van der Waals surface area contributed by atoms with Gasteiger partial charge in [0.05, 0.1) is 0 Å². The average Bonchev–Trinajstić information content (AvgIpc) is 2.51. The van der Waals surface area contributed by atoms with Gasteiger partial charge < -0.3 is 10.3 Å². The second kappa shape index (κ2) is 4.84. The number of hydrogen-bond acceptors (Lipinski definition) is 4. The zero-order chi connectivity index (χ0) is 18.0. The molecule has 6 nitrogen and oxygen atoms in total. The fourth-order valence-corrected chi connectivity index (χ4v) is 2.64. The summed E-state index contributed by atoms with van der Waals surface area (Å²) in [5, 5.41) is 36.0. The molecule has 0 fully saturated rings. The van der Waals surface area contributed by atoms with Crippen molar-refractivity contribution < 1.29 is 19.8 Å². The molecule has 0 saturated heterocycles. The molecule has 2 rings (SSSR count). The SMILES string of the molecule is CC(C)(C)C1=C[C](C2=[N+]([O-])C(C)(C)C(C)(C)N2[O])C=C(O)C1=O. The molecule has 2 radical (unpaired) electrons. The highest BCUT2D eigenvalue weighted by Crippen LogP contribution is 2.40. The summed E-state index contributed by atoms with van der Waals surface area (Å²) in [6, 6.07) is 0. The van der Waals surface area contributed by atoms with Gasteiger partial charge in [-0.3, -0.25) is 9.53 Å². The third-order valence-corrected chi connectivity index (χ3v) is 5.03. The van der Waals surface area contributed by atoms with E-state index in [1.165, 1.54) is 12.2 Å². The van der Waals surface area contributed by atoms with E-state index in [1.807, 2.05) is 20.8 Å². The molecular formula is C17H24N2O4. The average molecular weight is 320 g/mol. The maximum absolute atomic E-state index is 12.7. The molecule has 1 aliphatic carbocycles. The summed E-state index contributed by atoms with van der Waals surface area (Å²) in [5.74, 6) is -0.756. The van der Waals surface area contributed by atoms with Crippen molar-refractivity contribution in [3.05, 3.63) is 34.6 Å². The van der Waals surface area contributed by atoms with Crippen LogP contribution in [-0.4, -0.2) is 37.6 Å². The van der Waals surface area contributed by atoms with Gasteiger partial charge in [-0.15, -0.1) is 0 Å². The van der Waals surface area contributed by atoms with E-state index in [0.717, 1.165) is 0 Å².